The molecule has 0 aliphatic carbocycles. The minimum absolute atomic E-state index is 0.765. The molecule has 2 aromatic heterocycles. The van der Waals surface area contributed by atoms with Gasteiger partial charge >= 0.3 is 0 Å². The van der Waals surface area contributed by atoms with Gasteiger partial charge in [-0.2, -0.15) is 0 Å². The van der Waals surface area contributed by atoms with Crippen molar-refractivity contribution in [2.45, 2.75) is 6.92 Å². The van der Waals surface area contributed by atoms with Crippen molar-refractivity contribution in [2.24, 2.45) is 0 Å². The topological polar surface area (TPSA) is 57.6 Å². The predicted octanol–water partition coefficient (Wildman–Crippen LogP) is 1.34. The lowest BCUT2D eigenvalue weighted by Crippen LogP contribution is -2.47. The number of rotatable bonds is 3. The van der Waals surface area contributed by atoms with Crippen LogP contribution in [0, 0.1) is 6.92 Å². The average Bonchev–Trinajstić information content (AvgIpc) is 2.69. The van der Waals surface area contributed by atoms with E-state index in [0.717, 1.165) is 69.9 Å². The molecule has 25 heavy (non-hydrogen) atoms. The number of nitrogens with zero attached hydrogens (tertiary/aromatic N) is 6. The van der Waals surface area contributed by atoms with Crippen LogP contribution in [0.25, 0.3) is 0 Å². The fraction of sp³-hybridized carbons (Fsp3) is 0.500. The maximum Gasteiger partial charge on any atom is 0.134 e. The highest BCUT2D eigenvalue weighted by Gasteiger charge is 2.20. The van der Waals surface area contributed by atoms with E-state index >= 15 is 0 Å². The molecule has 0 amide bonds. The standard InChI is InChI=1S/C18H24N6O/c1-15-2-3-19-16(12-15)22-4-6-23(7-5-22)17-13-18(21-14-20-17)24-8-10-25-11-9-24/h2-3,12-14H,4-11H2,1H3. The lowest BCUT2D eigenvalue weighted by molar-refractivity contribution is 0.122. The Bertz CT molecular complexity index is 710. The molecule has 7 nitrogen and oxygen atoms in total. The molecule has 2 saturated heterocycles. The van der Waals surface area contributed by atoms with Crippen LogP contribution in [0.15, 0.2) is 30.7 Å². The zero-order chi connectivity index (χ0) is 17.1. The molecule has 0 saturated carbocycles. The molecule has 2 aliphatic rings. The number of hydrogen-bond acceptors (Lipinski definition) is 7. The van der Waals surface area contributed by atoms with E-state index in [1.54, 1.807) is 6.33 Å². The molecule has 2 aliphatic heterocycles. The van der Waals surface area contributed by atoms with E-state index in [0.29, 0.717) is 0 Å². The molecule has 0 spiro atoms. The quantitative estimate of drug-likeness (QED) is 0.836. The van der Waals surface area contributed by atoms with Crippen LogP contribution in [0.1, 0.15) is 5.56 Å². The minimum atomic E-state index is 0.765. The highest BCUT2D eigenvalue weighted by molar-refractivity contribution is 5.52. The van der Waals surface area contributed by atoms with Crippen molar-refractivity contribution < 1.29 is 4.74 Å². The first-order chi connectivity index (χ1) is 12.3. The van der Waals surface area contributed by atoms with Crippen LogP contribution >= 0.6 is 0 Å². The number of pyridine rings is 1. The predicted molar refractivity (Wildman–Crippen MR) is 98.5 cm³/mol. The number of morpholine rings is 1. The Morgan fingerprint density at radius 3 is 1.92 bits per heavy atom. The SMILES string of the molecule is Cc1ccnc(N2CCN(c3cc(N4CCOCC4)ncn3)CC2)c1. The van der Waals surface area contributed by atoms with E-state index in [-0.39, 0.29) is 0 Å². The molecule has 7 heteroatoms. The molecule has 132 valence electrons. The third-order valence-corrected chi connectivity index (χ3v) is 4.80. The molecule has 4 heterocycles. The van der Waals surface area contributed by atoms with Gasteiger partial charge in [0.05, 0.1) is 13.2 Å². The first-order valence-corrected chi connectivity index (χ1v) is 8.87. The first kappa shape index (κ1) is 16.1. The molecule has 0 radical (unpaired) electrons. The molecule has 0 atom stereocenters. The number of aromatic nitrogens is 3. The second-order valence-electron chi connectivity index (χ2n) is 6.50. The van der Waals surface area contributed by atoms with Gasteiger partial charge in [0.1, 0.15) is 23.8 Å². The zero-order valence-corrected chi connectivity index (χ0v) is 14.6. The molecule has 2 fully saturated rings. The summed E-state index contributed by atoms with van der Waals surface area (Å²) in [6.07, 6.45) is 3.56. The van der Waals surface area contributed by atoms with Crippen LogP contribution in [0.2, 0.25) is 0 Å². The number of anilines is 3. The van der Waals surface area contributed by atoms with Gasteiger partial charge < -0.3 is 19.4 Å². The Labute approximate surface area is 148 Å². The number of ether oxygens (including phenoxy) is 1. The molecular formula is C18H24N6O. The Hall–Kier alpha value is -2.41. The van der Waals surface area contributed by atoms with Crippen LogP contribution in [0.5, 0.6) is 0 Å². The second-order valence-corrected chi connectivity index (χ2v) is 6.50. The van der Waals surface area contributed by atoms with Crippen LogP contribution < -0.4 is 14.7 Å². The summed E-state index contributed by atoms with van der Waals surface area (Å²) < 4.78 is 5.42. The normalized spacial score (nSPS) is 18.5. The molecule has 0 unspecified atom stereocenters. The van der Waals surface area contributed by atoms with E-state index in [9.17, 15) is 0 Å². The minimum Gasteiger partial charge on any atom is -0.378 e. The lowest BCUT2D eigenvalue weighted by Gasteiger charge is -2.36. The van der Waals surface area contributed by atoms with Gasteiger partial charge in [-0.15, -0.1) is 0 Å². The molecule has 0 N–H and O–H groups in total. The summed E-state index contributed by atoms with van der Waals surface area (Å²) in [4.78, 5) is 20.4. The van der Waals surface area contributed by atoms with E-state index in [1.807, 2.05) is 12.3 Å². The van der Waals surface area contributed by atoms with Crippen molar-refractivity contribution >= 4 is 17.5 Å². The summed E-state index contributed by atoms with van der Waals surface area (Å²) in [5, 5.41) is 0. The molecule has 0 aromatic carbocycles. The Morgan fingerprint density at radius 1 is 0.760 bits per heavy atom. The third kappa shape index (κ3) is 3.66. The number of piperazine rings is 1. The summed E-state index contributed by atoms with van der Waals surface area (Å²) in [7, 11) is 0. The fourth-order valence-corrected chi connectivity index (χ4v) is 3.33. The highest BCUT2D eigenvalue weighted by atomic mass is 16.5. The summed E-state index contributed by atoms with van der Waals surface area (Å²) in [6, 6.07) is 6.29. The van der Waals surface area contributed by atoms with E-state index in [4.69, 9.17) is 4.74 Å². The molecular weight excluding hydrogens is 316 g/mol. The Balaban J connectivity index is 1.42. The largest absolute Gasteiger partial charge is 0.378 e. The monoisotopic (exact) mass is 340 g/mol. The third-order valence-electron chi connectivity index (χ3n) is 4.80. The van der Waals surface area contributed by atoms with Crippen molar-refractivity contribution in [1.82, 2.24) is 15.0 Å². The van der Waals surface area contributed by atoms with Crippen LogP contribution in [-0.4, -0.2) is 67.4 Å². The van der Waals surface area contributed by atoms with Crippen LogP contribution in [0.4, 0.5) is 17.5 Å². The number of hydrogen-bond donors (Lipinski definition) is 0. The Morgan fingerprint density at radius 2 is 1.32 bits per heavy atom. The van der Waals surface area contributed by atoms with Gasteiger partial charge in [-0.1, -0.05) is 0 Å². The van der Waals surface area contributed by atoms with Gasteiger partial charge in [0, 0.05) is 51.5 Å². The maximum absolute atomic E-state index is 5.42. The lowest BCUT2D eigenvalue weighted by atomic mass is 10.2. The fourth-order valence-electron chi connectivity index (χ4n) is 3.33. The van der Waals surface area contributed by atoms with Gasteiger partial charge in [-0.25, -0.2) is 15.0 Å². The van der Waals surface area contributed by atoms with Crippen molar-refractivity contribution in [3.63, 3.8) is 0 Å². The van der Waals surface area contributed by atoms with E-state index < -0.39 is 0 Å². The van der Waals surface area contributed by atoms with Gasteiger partial charge in [-0.05, 0) is 24.6 Å². The smallest absolute Gasteiger partial charge is 0.134 e. The van der Waals surface area contributed by atoms with Crippen molar-refractivity contribution in [3.05, 3.63) is 36.3 Å². The summed E-state index contributed by atoms with van der Waals surface area (Å²) in [5.41, 5.74) is 1.25. The summed E-state index contributed by atoms with van der Waals surface area (Å²) in [5.74, 6) is 3.07. The molecule has 0 bridgehead atoms. The average molecular weight is 340 g/mol. The second kappa shape index (κ2) is 7.23. The van der Waals surface area contributed by atoms with Crippen molar-refractivity contribution in [3.8, 4) is 0 Å². The van der Waals surface area contributed by atoms with Crippen LogP contribution in [-0.2, 0) is 4.74 Å². The van der Waals surface area contributed by atoms with E-state index in [1.165, 1.54) is 5.56 Å². The summed E-state index contributed by atoms with van der Waals surface area (Å²) in [6.45, 7) is 9.20. The first-order valence-electron chi connectivity index (χ1n) is 8.87. The van der Waals surface area contributed by atoms with Gasteiger partial charge in [0.25, 0.3) is 0 Å². The maximum atomic E-state index is 5.42. The van der Waals surface area contributed by atoms with E-state index in [2.05, 4.69) is 48.7 Å². The van der Waals surface area contributed by atoms with Gasteiger partial charge in [0.2, 0.25) is 0 Å². The zero-order valence-electron chi connectivity index (χ0n) is 14.6. The number of aryl methyl sites for hydroxylation is 1. The molecule has 4 rings (SSSR count). The van der Waals surface area contributed by atoms with Gasteiger partial charge in [-0.3, -0.25) is 0 Å². The van der Waals surface area contributed by atoms with Crippen molar-refractivity contribution in [1.29, 1.82) is 0 Å². The van der Waals surface area contributed by atoms with Gasteiger partial charge in [0.15, 0.2) is 0 Å². The highest BCUT2D eigenvalue weighted by Crippen LogP contribution is 2.21. The van der Waals surface area contributed by atoms with Crippen molar-refractivity contribution in [2.75, 3.05) is 67.2 Å². The molecule has 2 aromatic rings. The Kier molecular flexibility index (Phi) is 4.65. The summed E-state index contributed by atoms with van der Waals surface area (Å²) >= 11 is 0. The van der Waals surface area contributed by atoms with Crippen LogP contribution in [0.3, 0.4) is 0 Å².